The summed E-state index contributed by atoms with van der Waals surface area (Å²) in [6.07, 6.45) is 7.31. The van der Waals surface area contributed by atoms with Crippen LogP contribution >= 0.6 is 0 Å². The summed E-state index contributed by atoms with van der Waals surface area (Å²) in [6, 6.07) is 0. The predicted octanol–water partition coefficient (Wildman–Crippen LogP) is 4.28. The molecule has 4 heterocycles. The first-order valence-electron chi connectivity index (χ1n) is 10.6. The topological polar surface area (TPSA) is 121 Å². The average Bonchev–Trinajstić information content (AvgIpc) is 3.33. The SMILES string of the molecule is CC(C)c1cnc(-c2c(-c3nn(C(C)(C)C)c4ncnc(N)c34)noc2C2CC2)nc1. The molecule has 0 atom stereocenters. The lowest BCUT2D eigenvalue weighted by atomic mass is 10.0. The highest BCUT2D eigenvalue weighted by Gasteiger charge is 2.36. The van der Waals surface area contributed by atoms with Crippen molar-refractivity contribution >= 4 is 16.9 Å². The zero-order valence-electron chi connectivity index (χ0n) is 18.4. The summed E-state index contributed by atoms with van der Waals surface area (Å²) < 4.78 is 7.68. The van der Waals surface area contributed by atoms with Gasteiger partial charge in [-0.3, -0.25) is 0 Å². The molecule has 9 heteroatoms. The molecule has 2 N–H and O–H groups in total. The number of anilines is 1. The minimum Gasteiger partial charge on any atom is -0.383 e. The first-order valence-corrected chi connectivity index (χ1v) is 10.6. The van der Waals surface area contributed by atoms with Gasteiger partial charge in [0.05, 0.1) is 16.5 Å². The largest absolute Gasteiger partial charge is 0.383 e. The van der Waals surface area contributed by atoms with E-state index in [4.69, 9.17) is 15.4 Å². The van der Waals surface area contributed by atoms with Gasteiger partial charge in [-0.1, -0.05) is 19.0 Å². The maximum atomic E-state index is 6.28. The van der Waals surface area contributed by atoms with Crippen molar-refractivity contribution in [2.24, 2.45) is 0 Å². The third-order valence-electron chi connectivity index (χ3n) is 5.58. The van der Waals surface area contributed by atoms with Gasteiger partial charge in [-0.15, -0.1) is 0 Å². The molecule has 5 rings (SSSR count). The third-order valence-corrected chi connectivity index (χ3v) is 5.58. The van der Waals surface area contributed by atoms with E-state index in [1.807, 2.05) is 17.1 Å². The van der Waals surface area contributed by atoms with Crippen LogP contribution in [-0.4, -0.2) is 34.9 Å². The first-order chi connectivity index (χ1) is 14.8. The maximum Gasteiger partial charge on any atom is 0.165 e. The van der Waals surface area contributed by atoms with E-state index in [-0.39, 0.29) is 5.54 Å². The van der Waals surface area contributed by atoms with Gasteiger partial charge in [-0.2, -0.15) is 5.10 Å². The van der Waals surface area contributed by atoms with Crippen molar-refractivity contribution in [2.75, 3.05) is 5.73 Å². The van der Waals surface area contributed by atoms with Gasteiger partial charge in [0.2, 0.25) is 0 Å². The number of rotatable bonds is 4. The fourth-order valence-corrected chi connectivity index (χ4v) is 3.68. The second-order valence-electron chi connectivity index (χ2n) is 9.43. The van der Waals surface area contributed by atoms with E-state index < -0.39 is 0 Å². The zero-order chi connectivity index (χ0) is 21.9. The van der Waals surface area contributed by atoms with Gasteiger partial charge in [0.15, 0.2) is 17.2 Å². The lowest BCUT2D eigenvalue weighted by Crippen LogP contribution is -2.23. The van der Waals surface area contributed by atoms with Crippen LogP contribution in [0, 0.1) is 0 Å². The van der Waals surface area contributed by atoms with E-state index >= 15 is 0 Å². The molecule has 0 aliphatic heterocycles. The van der Waals surface area contributed by atoms with Crippen molar-refractivity contribution in [3.05, 3.63) is 30.0 Å². The predicted molar refractivity (Wildman–Crippen MR) is 117 cm³/mol. The molecule has 1 saturated carbocycles. The summed E-state index contributed by atoms with van der Waals surface area (Å²) in [6.45, 7) is 10.4. The molecule has 4 aromatic rings. The molecule has 9 nitrogen and oxygen atoms in total. The molecule has 4 aromatic heterocycles. The molecule has 1 fully saturated rings. The molecule has 0 aromatic carbocycles. The van der Waals surface area contributed by atoms with Crippen LogP contribution in [0.15, 0.2) is 23.2 Å². The van der Waals surface area contributed by atoms with Crippen molar-refractivity contribution in [3.63, 3.8) is 0 Å². The quantitative estimate of drug-likeness (QED) is 0.521. The number of hydrogen-bond acceptors (Lipinski definition) is 8. The average molecular weight is 419 g/mol. The van der Waals surface area contributed by atoms with E-state index in [1.54, 1.807) is 0 Å². The maximum absolute atomic E-state index is 6.28. The second-order valence-corrected chi connectivity index (χ2v) is 9.43. The molecule has 31 heavy (non-hydrogen) atoms. The Morgan fingerprint density at radius 3 is 2.39 bits per heavy atom. The smallest absolute Gasteiger partial charge is 0.165 e. The van der Waals surface area contributed by atoms with Gasteiger partial charge >= 0.3 is 0 Å². The molecule has 0 radical (unpaired) electrons. The van der Waals surface area contributed by atoms with Crippen molar-refractivity contribution in [1.82, 2.24) is 34.9 Å². The lowest BCUT2D eigenvalue weighted by Gasteiger charge is -2.19. The molecular weight excluding hydrogens is 392 g/mol. The zero-order valence-corrected chi connectivity index (χ0v) is 18.4. The van der Waals surface area contributed by atoms with Gasteiger partial charge in [-0.05, 0) is 45.1 Å². The van der Waals surface area contributed by atoms with Crippen LogP contribution < -0.4 is 5.73 Å². The van der Waals surface area contributed by atoms with Crippen molar-refractivity contribution in [3.8, 4) is 22.8 Å². The molecule has 0 bridgehead atoms. The Balaban J connectivity index is 1.77. The second kappa shape index (κ2) is 6.83. The van der Waals surface area contributed by atoms with Crippen LogP contribution in [0.4, 0.5) is 5.82 Å². The fraction of sp³-hybridized carbons (Fsp3) is 0.455. The highest BCUT2D eigenvalue weighted by molar-refractivity contribution is 6.00. The van der Waals surface area contributed by atoms with Crippen LogP contribution in [0.2, 0.25) is 0 Å². The molecule has 0 unspecified atom stereocenters. The molecule has 1 aliphatic rings. The fourth-order valence-electron chi connectivity index (χ4n) is 3.68. The van der Waals surface area contributed by atoms with E-state index in [0.29, 0.717) is 45.9 Å². The summed E-state index contributed by atoms with van der Waals surface area (Å²) in [4.78, 5) is 18.0. The standard InChI is InChI=1S/C22H26N8O/c1-11(2)13-8-24-20(25-9-13)14-17(29-31-18(14)12-6-7-12)16-15-19(23)26-10-27-21(15)30(28-16)22(3,4)5/h8-12H,6-7H2,1-5H3,(H2,23,26,27). The number of nitrogens with two attached hydrogens (primary N) is 1. The number of nitrogens with zero attached hydrogens (tertiary/aromatic N) is 7. The number of nitrogen functional groups attached to an aromatic ring is 1. The third kappa shape index (κ3) is 3.24. The van der Waals surface area contributed by atoms with Crippen molar-refractivity contribution in [1.29, 1.82) is 0 Å². The van der Waals surface area contributed by atoms with Crippen LogP contribution in [0.3, 0.4) is 0 Å². The van der Waals surface area contributed by atoms with Crippen molar-refractivity contribution < 1.29 is 4.52 Å². The molecular formula is C22H26N8O. The minimum atomic E-state index is -0.310. The summed E-state index contributed by atoms with van der Waals surface area (Å²) >= 11 is 0. The van der Waals surface area contributed by atoms with Gasteiger partial charge in [-0.25, -0.2) is 24.6 Å². The Morgan fingerprint density at radius 1 is 1.06 bits per heavy atom. The van der Waals surface area contributed by atoms with E-state index in [1.165, 1.54) is 6.33 Å². The van der Waals surface area contributed by atoms with Crippen LogP contribution in [0.5, 0.6) is 0 Å². The first kappa shape index (κ1) is 19.6. The Labute approximate surface area is 180 Å². The van der Waals surface area contributed by atoms with E-state index in [2.05, 4.69) is 59.7 Å². The Bertz CT molecular complexity index is 1260. The monoisotopic (exact) mass is 418 g/mol. The number of fused-ring (bicyclic) bond motifs is 1. The van der Waals surface area contributed by atoms with Crippen LogP contribution in [0.25, 0.3) is 33.8 Å². The van der Waals surface area contributed by atoms with Gasteiger partial charge in [0.1, 0.15) is 23.5 Å². The van der Waals surface area contributed by atoms with Crippen LogP contribution in [-0.2, 0) is 5.54 Å². The molecule has 160 valence electrons. The molecule has 1 aliphatic carbocycles. The summed E-state index contributed by atoms with van der Waals surface area (Å²) in [5, 5.41) is 9.96. The summed E-state index contributed by atoms with van der Waals surface area (Å²) in [7, 11) is 0. The summed E-state index contributed by atoms with van der Waals surface area (Å²) in [5.41, 5.74) is 9.65. The van der Waals surface area contributed by atoms with Gasteiger partial charge < -0.3 is 10.3 Å². The molecule has 0 spiro atoms. The normalized spacial score (nSPS) is 14.6. The van der Waals surface area contributed by atoms with Gasteiger partial charge in [0, 0.05) is 18.3 Å². The Hall–Kier alpha value is -3.36. The van der Waals surface area contributed by atoms with E-state index in [0.717, 1.165) is 29.7 Å². The number of aromatic nitrogens is 7. The highest BCUT2D eigenvalue weighted by Crippen LogP contribution is 2.47. The van der Waals surface area contributed by atoms with Gasteiger partial charge in [0.25, 0.3) is 0 Å². The highest BCUT2D eigenvalue weighted by atomic mass is 16.5. The Morgan fingerprint density at radius 2 is 1.77 bits per heavy atom. The molecule has 0 amide bonds. The molecule has 0 saturated heterocycles. The lowest BCUT2D eigenvalue weighted by molar-refractivity contribution is 0.365. The van der Waals surface area contributed by atoms with Crippen LogP contribution in [0.1, 0.15) is 70.6 Å². The Kier molecular flexibility index (Phi) is 4.32. The van der Waals surface area contributed by atoms with Crippen molar-refractivity contribution in [2.45, 2.75) is 64.8 Å². The minimum absolute atomic E-state index is 0.310. The number of hydrogen-bond donors (Lipinski definition) is 1. The summed E-state index contributed by atoms with van der Waals surface area (Å²) in [5.74, 6) is 2.42. The van der Waals surface area contributed by atoms with E-state index in [9.17, 15) is 0 Å².